The number of nitrogens with one attached hydrogen (secondary N) is 1. The van der Waals surface area contributed by atoms with E-state index in [0.717, 1.165) is 24.1 Å². The molecule has 2 aromatic rings. The second-order valence-corrected chi connectivity index (χ2v) is 6.04. The Morgan fingerprint density at radius 2 is 2.09 bits per heavy atom. The van der Waals surface area contributed by atoms with Gasteiger partial charge in [0.05, 0.1) is 17.6 Å². The van der Waals surface area contributed by atoms with Gasteiger partial charge >= 0.3 is 0 Å². The molecule has 124 valence electrons. The van der Waals surface area contributed by atoms with Gasteiger partial charge in [-0.1, -0.05) is 12.1 Å². The number of benzene rings is 1. The largest absolute Gasteiger partial charge is 0.349 e. The molecular weight excluding hydrogens is 316 g/mol. The average Bonchev–Trinajstić information content (AvgIpc) is 3.24. The van der Waals surface area contributed by atoms with Crippen LogP contribution in [-0.2, 0) is 11.2 Å². The molecule has 3 N–H and O–H groups in total. The first kappa shape index (κ1) is 17.4. The molecule has 1 amide bonds. The summed E-state index contributed by atoms with van der Waals surface area (Å²) >= 11 is 0. The molecule has 7 nitrogen and oxygen atoms in total. The first-order chi connectivity index (χ1) is 10.6. The zero-order chi connectivity index (χ0) is 15.6. The van der Waals surface area contributed by atoms with E-state index in [9.17, 15) is 4.79 Å². The standard InChI is InChI=1S/C15H20N6O.ClH/c1-15(9-16,12-4-5-12)18-14(22)8-11-2-6-13(7-3-11)21-10-17-19-20-21;/h2-3,6-7,10,12H,4-5,8-9,16H2,1H3,(H,18,22);1H. The van der Waals surface area contributed by atoms with E-state index >= 15 is 0 Å². The maximum Gasteiger partial charge on any atom is 0.224 e. The summed E-state index contributed by atoms with van der Waals surface area (Å²) in [6.45, 7) is 2.50. The highest BCUT2D eigenvalue weighted by Crippen LogP contribution is 2.38. The quantitative estimate of drug-likeness (QED) is 0.815. The van der Waals surface area contributed by atoms with Gasteiger partial charge in [0, 0.05) is 6.54 Å². The number of nitrogens with zero attached hydrogens (tertiary/aromatic N) is 4. The Balaban J connectivity index is 0.00000192. The molecule has 0 spiro atoms. The van der Waals surface area contributed by atoms with E-state index in [4.69, 9.17) is 5.73 Å². The third kappa shape index (κ3) is 4.05. The van der Waals surface area contributed by atoms with Crippen LogP contribution in [0.25, 0.3) is 5.69 Å². The molecule has 1 fully saturated rings. The zero-order valence-corrected chi connectivity index (χ0v) is 13.8. The van der Waals surface area contributed by atoms with E-state index in [1.807, 2.05) is 31.2 Å². The van der Waals surface area contributed by atoms with Crippen molar-refractivity contribution in [1.29, 1.82) is 0 Å². The molecule has 0 radical (unpaired) electrons. The lowest BCUT2D eigenvalue weighted by Crippen LogP contribution is -2.53. The van der Waals surface area contributed by atoms with E-state index in [1.54, 1.807) is 4.68 Å². The van der Waals surface area contributed by atoms with Crippen molar-refractivity contribution in [1.82, 2.24) is 25.5 Å². The molecular formula is C15H21ClN6O. The molecule has 1 aromatic heterocycles. The second kappa shape index (κ2) is 7.06. The average molecular weight is 337 g/mol. The third-order valence-corrected chi connectivity index (χ3v) is 4.24. The molecule has 0 aliphatic heterocycles. The minimum absolute atomic E-state index is 0. The van der Waals surface area contributed by atoms with Gasteiger partial charge in [0.15, 0.2) is 0 Å². The summed E-state index contributed by atoms with van der Waals surface area (Å²) in [5, 5.41) is 14.1. The van der Waals surface area contributed by atoms with Crippen molar-refractivity contribution in [2.45, 2.75) is 31.7 Å². The van der Waals surface area contributed by atoms with Gasteiger partial charge in [0.2, 0.25) is 5.91 Å². The Kier molecular flexibility index (Phi) is 5.33. The number of nitrogens with two attached hydrogens (primary N) is 1. The van der Waals surface area contributed by atoms with Gasteiger partial charge in [-0.15, -0.1) is 17.5 Å². The van der Waals surface area contributed by atoms with Gasteiger partial charge in [-0.25, -0.2) is 4.68 Å². The predicted octanol–water partition coefficient (Wildman–Crippen LogP) is 0.870. The van der Waals surface area contributed by atoms with Crippen molar-refractivity contribution in [2.24, 2.45) is 11.7 Å². The summed E-state index contributed by atoms with van der Waals surface area (Å²) in [7, 11) is 0. The lowest BCUT2D eigenvalue weighted by molar-refractivity contribution is -0.122. The van der Waals surface area contributed by atoms with Gasteiger partial charge in [0.1, 0.15) is 6.33 Å². The molecule has 3 rings (SSSR count). The fourth-order valence-electron chi connectivity index (χ4n) is 2.63. The van der Waals surface area contributed by atoms with Crippen molar-refractivity contribution in [2.75, 3.05) is 6.54 Å². The first-order valence-electron chi connectivity index (χ1n) is 7.44. The van der Waals surface area contributed by atoms with Gasteiger partial charge in [-0.2, -0.15) is 0 Å². The summed E-state index contributed by atoms with van der Waals surface area (Å²) in [6.07, 6.45) is 4.17. The normalized spacial score (nSPS) is 16.3. The van der Waals surface area contributed by atoms with Crippen molar-refractivity contribution < 1.29 is 4.79 Å². The van der Waals surface area contributed by atoms with Gasteiger partial charge in [0.25, 0.3) is 0 Å². The SMILES string of the molecule is CC(CN)(NC(=O)Cc1ccc(-n2cnnn2)cc1)C1CC1.Cl. The number of rotatable bonds is 6. The summed E-state index contributed by atoms with van der Waals surface area (Å²) < 4.78 is 1.57. The molecule has 1 aliphatic carbocycles. The molecule has 1 saturated carbocycles. The van der Waals surface area contributed by atoms with Crippen molar-refractivity contribution >= 4 is 18.3 Å². The molecule has 0 saturated heterocycles. The molecule has 1 unspecified atom stereocenters. The number of carbonyl (C=O) groups is 1. The maximum absolute atomic E-state index is 12.2. The van der Waals surface area contributed by atoms with Crippen LogP contribution in [0.15, 0.2) is 30.6 Å². The fraction of sp³-hybridized carbons (Fsp3) is 0.467. The number of aromatic nitrogens is 4. The summed E-state index contributed by atoms with van der Waals surface area (Å²) in [5.74, 6) is 0.527. The van der Waals surface area contributed by atoms with Crippen LogP contribution in [0.1, 0.15) is 25.3 Å². The highest BCUT2D eigenvalue weighted by atomic mass is 35.5. The first-order valence-corrected chi connectivity index (χ1v) is 7.44. The topological polar surface area (TPSA) is 98.7 Å². The van der Waals surface area contributed by atoms with Crippen LogP contribution in [-0.4, -0.2) is 38.2 Å². The van der Waals surface area contributed by atoms with Crippen LogP contribution in [0.5, 0.6) is 0 Å². The van der Waals surface area contributed by atoms with Crippen LogP contribution in [0, 0.1) is 5.92 Å². The molecule has 1 aliphatic rings. The van der Waals surface area contributed by atoms with Crippen LogP contribution in [0.3, 0.4) is 0 Å². The Bertz CT molecular complexity index is 640. The monoisotopic (exact) mass is 336 g/mol. The fourth-order valence-corrected chi connectivity index (χ4v) is 2.63. The molecule has 23 heavy (non-hydrogen) atoms. The van der Waals surface area contributed by atoms with Crippen LogP contribution in [0.4, 0.5) is 0 Å². The predicted molar refractivity (Wildman–Crippen MR) is 88.4 cm³/mol. The Hall–Kier alpha value is -1.99. The number of halogens is 1. The second-order valence-electron chi connectivity index (χ2n) is 6.04. The van der Waals surface area contributed by atoms with Crippen LogP contribution < -0.4 is 11.1 Å². The highest BCUT2D eigenvalue weighted by Gasteiger charge is 2.41. The van der Waals surface area contributed by atoms with Gasteiger partial charge < -0.3 is 11.1 Å². The van der Waals surface area contributed by atoms with Gasteiger partial charge in [-0.3, -0.25) is 4.79 Å². The van der Waals surface area contributed by atoms with Crippen molar-refractivity contribution in [3.63, 3.8) is 0 Å². The number of hydrogen-bond acceptors (Lipinski definition) is 5. The van der Waals surface area contributed by atoms with E-state index < -0.39 is 0 Å². The van der Waals surface area contributed by atoms with E-state index in [2.05, 4.69) is 20.8 Å². The van der Waals surface area contributed by atoms with Gasteiger partial charge in [-0.05, 0) is 53.8 Å². The highest BCUT2D eigenvalue weighted by molar-refractivity contribution is 5.85. The smallest absolute Gasteiger partial charge is 0.224 e. The molecule has 1 aromatic carbocycles. The molecule has 0 bridgehead atoms. The number of amides is 1. The maximum atomic E-state index is 12.2. The molecule has 1 atom stereocenters. The summed E-state index contributed by atoms with van der Waals surface area (Å²) in [5.41, 5.74) is 7.36. The van der Waals surface area contributed by atoms with Crippen molar-refractivity contribution in [3.8, 4) is 5.69 Å². The lowest BCUT2D eigenvalue weighted by atomic mass is 9.95. The van der Waals surface area contributed by atoms with E-state index in [0.29, 0.717) is 18.9 Å². The summed E-state index contributed by atoms with van der Waals surface area (Å²) in [4.78, 5) is 12.2. The zero-order valence-electron chi connectivity index (χ0n) is 13.0. The van der Waals surface area contributed by atoms with E-state index in [1.165, 1.54) is 6.33 Å². The van der Waals surface area contributed by atoms with E-state index in [-0.39, 0.29) is 23.9 Å². The third-order valence-electron chi connectivity index (χ3n) is 4.24. The molecule has 8 heteroatoms. The minimum atomic E-state index is -0.274. The van der Waals surface area contributed by atoms with Crippen LogP contribution in [0.2, 0.25) is 0 Å². The number of tetrazole rings is 1. The molecule has 1 heterocycles. The number of carbonyl (C=O) groups excluding carboxylic acids is 1. The Morgan fingerprint density at radius 3 is 2.61 bits per heavy atom. The lowest BCUT2D eigenvalue weighted by Gasteiger charge is -2.29. The number of hydrogen-bond donors (Lipinski definition) is 2. The van der Waals surface area contributed by atoms with Crippen molar-refractivity contribution in [3.05, 3.63) is 36.2 Å². The Morgan fingerprint density at radius 1 is 1.39 bits per heavy atom. The van der Waals surface area contributed by atoms with Crippen LogP contribution >= 0.6 is 12.4 Å². The minimum Gasteiger partial charge on any atom is -0.349 e. The Labute approximate surface area is 141 Å². The summed E-state index contributed by atoms with van der Waals surface area (Å²) in [6, 6.07) is 7.60.